The van der Waals surface area contributed by atoms with E-state index in [1.165, 1.54) is 0 Å². The largest absolute Gasteiger partial charge is 0.492 e. The monoisotopic (exact) mass is 393 g/mol. The van der Waals surface area contributed by atoms with Gasteiger partial charge in [-0.1, -0.05) is 35.9 Å². The van der Waals surface area contributed by atoms with Crippen molar-refractivity contribution >= 4 is 30.9 Å². The zero-order valence-electron chi connectivity index (χ0n) is 17.2. The van der Waals surface area contributed by atoms with Gasteiger partial charge < -0.3 is 19.4 Å². The molecule has 0 aliphatic carbocycles. The van der Waals surface area contributed by atoms with Gasteiger partial charge in [0.15, 0.2) is 0 Å². The molecule has 5 nitrogen and oxygen atoms in total. The Morgan fingerprint density at radius 1 is 1.19 bits per heavy atom. The van der Waals surface area contributed by atoms with Gasteiger partial charge in [-0.3, -0.25) is 0 Å². The number of hydrogen-bond donors (Lipinski definition) is 1. The van der Waals surface area contributed by atoms with Gasteiger partial charge in [0.2, 0.25) is 0 Å². The number of alkyl carbamates (subject to hydrolysis) is 1. The van der Waals surface area contributed by atoms with Gasteiger partial charge in [-0.05, 0) is 65.6 Å². The van der Waals surface area contributed by atoms with Crippen LogP contribution in [-0.4, -0.2) is 36.6 Å². The number of amides is 1. The van der Waals surface area contributed by atoms with Crippen molar-refractivity contribution in [2.75, 3.05) is 6.54 Å². The first kappa shape index (κ1) is 21.8. The fraction of sp³-hybridized carbons (Fsp3) is 0.550. The van der Waals surface area contributed by atoms with Crippen LogP contribution in [0.25, 0.3) is 6.08 Å². The number of rotatable bonds is 4. The third kappa shape index (κ3) is 5.74. The van der Waals surface area contributed by atoms with Crippen LogP contribution in [0.5, 0.6) is 0 Å². The SMILES string of the molecule is CC(C)(C)OC(=O)NCC(=Cc1ccccc1Cl)B1OC(C)(C)C(C)(C)O1. The van der Waals surface area contributed by atoms with Crippen LogP contribution in [0, 0.1) is 0 Å². The Bertz CT molecular complexity index is 709. The number of ether oxygens (including phenoxy) is 1. The summed E-state index contributed by atoms with van der Waals surface area (Å²) in [6, 6.07) is 7.49. The van der Waals surface area contributed by atoms with Gasteiger partial charge in [-0.15, -0.1) is 0 Å². The lowest BCUT2D eigenvalue weighted by Crippen LogP contribution is -2.41. The molecule has 1 aromatic rings. The topological polar surface area (TPSA) is 56.8 Å². The fourth-order valence-electron chi connectivity index (χ4n) is 2.48. The summed E-state index contributed by atoms with van der Waals surface area (Å²) in [6.45, 7) is 13.6. The van der Waals surface area contributed by atoms with Crippen LogP contribution in [0.1, 0.15) is 54.0 Å². The zero-order chi connectivity index (χ0) is 20.5. The Balaban J connectivity index is 2.25. The molecule has 1 fully saturated rings. The van der Waals surface area contributed by atoms with Crippen molar-refractivity contribution in [1.29, 1.82) is 0 Å². The number of carbonyl (C=O) groups excluding carboxylic acids is 1. The fourth-order valence-corrected chi connectivity index (χ4v) is 2.67. The predicted molar refractivity (Wildman–Crippen MR) is 110 cm³/mol. The van der Waals surface area contributed by atoms with Gasteiger partial charge in [0.1, 0.15) is 5.60 Å². The van der Waals surface area contributed by atoms with E-state index in [2.05, 4.69) is 5.32 Å². The first-order chi connectivity index (χ1) is 12.3. The highest BCUT2D eigenvalue weighted by atomic mass is 35.5. The molecule has 0 radical (unpaired) electrons. The molecule has 1 aliphatic heterocycles. The van der Waals surface area contributed by atoms with E-state index < -0.39 is 30.0 Å². The van der Waals surface area contributed by atoms with E-state index in [4.69, 9.17) is 25.6 Å². The molecule has 1 heterocycles. The second-order valence-corrected chi connectivity index (χ2v) is 9.09. The van der Waals surface area contributed by atoms with E-state index in [0.717, 1.165) is 11.0 Å². The zero-order valence-corrected chi connectivity index (χ0v) is 17.9. The van der Waals surface area contributed by atoms with Crippen LogP contribution in [0.15, 0.2) is 29.7 Å². The van der Waals surface area contributed by atoms with Crippen molar-refractivity contribution in [1.82, 2.24) is 5.32 Å². The summed E-state index contributed by atoms with van der Waals surface area (Å²) < 4.78 is 17.6. The van der Waals surface area contributed by atoms with Crippen molar-refractivity contribution in [2.24, 2.45) is 0 Å². The number of benzene rings is 1. The average molecular weight is 394 g/mol. The Labute approximate surface area is 167 Å². The van der Waals surface area contributed by atoms with Gasteiger partial charge in [-0.2, -0.15) is 0 Å². The first-order valence-electron chi connectivity index (χ1n) is 9.08. The second-order valence-electron chi connectivity index (χ2n) is 8.68. The summed E-state index contributed by atoms with van der Waals surface area (Å²) in [5.41, 5.74) is 0.0513. The van der Waals surface area contributed by atoms with Crippen LogP contribution < -0.4 is 5.32 Å². The summed E-state index contributed by atoms with van der Waals surface area (Å²) in [5, 5.41) is 3.39. The Hall–Kier alpha value is -1.50. The molecule has 148 valence electrons. The maximum atomic E-state index is 12.1. The molecule has 1 aromatic carbocycles. The molecule has 0 bridgehead atoms. The molecule has 27 heavy (non-hydrogen) atoms. The van der Waals surface area contributed by atoms with Crippen molar-refractivity contribution in [3.63, 3.8) is 0 Å². The highest BCUT2D eigenvalue weighted by Crippen LogP contribution is 2.39. The van der Waals surface area contributed by atoms with Gasteiger partial charge >= 0.3 is 13.2 Å². The minimum absolute atomic E-state index is 0.219. The predicted octanol–water partition coefficient (Wildman–Crippen LogP) is 4.88. The van der Waals surface area contributed by atoms with Crippen LogP contribution in [0.3, 0.4) is 0 Å². The third-order valence-electron chi connectivity index (χ3n) is 4.64. The molecule has 0 saturated carbocycles. The molecular weight excluding hydrogens is 364 g/mol. The number of carbonyl (C=O) groups is 1. The number of halogens is 1. The Kier molecular flexibility index (Phi) is 6.35. The summed E-state index contributed by atoms with van der Waals surface area (Å²) >= 11 is 6.30. The Morgan fingerprint density at radius 3 is 2.26 bits per heavy atom. The normalized spacial score (nSPS) is 19.1. The van der Waals surface area contributed by atoms with E-state index >= 15 is 0 Å². The first-order valence-corrected chi connectivity index (χ1v) is 9.46. The minimum Gasteiger partial charge on any atom is -0.444 e. The lowest BCUT2D eigenvalue weighted by molar-refractivity contribution is 0.00578. The molecule has 1 aliphatic rings. The van der Waals surface area contributed by atoms with Crippen molar-refractivity contribution in [3.05, 3.63) is 40.3 Å². The van der Waals surface area contributed by atoms with Crippen LogP contribution >= 0.6 is 11.6 Å². The summed E-state index contributed by atoms with van der Waals surface area (Å²) in [7, 11) is -0.596. The smallest absolute Gasteiger partial charge is 0.444 e. The molecule has 1 amide bonds. The maximum absolute atomic E-state index is 12.1. The van der Waals surface area contributed by atoms with Crippen molar-refractivity contribution in [2.45, 2.75) is 65.3 Å². The van der Waals surface area contributed by atoms with Crippen LogP contribution in [-0.2, 0) is 14.0 Å². The summed E-state index contributed by atoms with van der Waals surface area (Å²) in [5.74, 6) is 0. The molecule has 0 aromatic heterocycles. The number of hydrogen-bond acceptors (Lipinski definition) is 4. The minimum atomic E-state index is -0.596. The molecule has 1 saturated heterocycles. The van der Waals surface area contributed by atoms with Gasteiger partial charge in [0.25, 0.3) is 0 Å². The molecular formula is C20H29BClNO4. The van der Waals surface area contributed by atoms with E-state index in [9.17, 15) is 4.79 Å². The van der Waals surface area contributed by atoms with Crippen molar-refractivity contribution < 1.29 is 18.8 Å². The third-order valence-corrected chi connectivity index (χ3v) is 4.98. The van der Waals surface area contributed by atoms with Gasteiger partial charge in [0.05, 0.1) is 11.2 Å². The summed E-state index contributed by atoms with van der Waals surface area (Å²) in [4.78, 5) is 12.1. The van der Waals surface area contributed by atoms with Crippen molar-refractivity contribution in [3.8, 4) is 0 Å². The van der Waals surface area contributed by atoms with E-state index in [1.807, 2.05) is 78.8 Å². The molecule has 0 atom stereocenters. The van der Waals surface area contributed by atoms with E-state index in [-0.39, 0.29) is 6.54 Å². The molecule has 0 unspecified atom stereocenters. The lowest BCUT2D eigenvalue weighted by atomic mass is 9.77. The molecule has 1 N–H and O–H groups in total. The molecule has 0 spiro atoms. The van der Waals surface area contributed by atoms with Gasteiger partial charge in [-0.25, -0.2) is 4.79 Å². The van der Waals surface area contributed by atoms with E-state index in [1.54, 1.807) is 0 Å². The second kappa shape index (κ2) is 7.86. The number of nitrogens with one attached hydrogen (secondary N) is 1. The molecule has 7 heteroatoms. The van der Waals surface area contributed by atoms with E-state index in [0.29, 0.717) is 5.02 Å². The quantitative estimate of drug-likeness (QED) is 0.741. The summed E-state index contributed by atoms with van der Waals surface area (Å²) in [6.07, 6.45) is 1.39. The van der Waals surface area contributed by atoms with Gasteiger partial charge in [0, 0.05) is 11.6 Å². The van der Waals surface area contributed by atoms with Crippen LogP contribution in [0.2, 0.25) is 5.02 Å². The van der Waals surface area contributed by atoms with Crippen LogP contribution in [0.4, 0.5) is 4.79 Å². The Morgan fingerprint density at radius 2 is 1.74 bits per heavy atom. The molecule has 2 rings (SSSR count). The maximum Gasteiger partial charge on any atom is 0.492 e. The lowest BCUT2D eigenvalue weighted by Gasteiger charge is -2.32. The standard InChI is InChI=1S/C20H29BClNO4/c1-18(2,3)25-17(24)23-13-15(12-14-10-8-9-11-16(14)22)21-26-19(4,5)20(6,7)27-21/h8-12H,13H2,1-7H3,(H,23,24). The highest BCUT2D eigenvalue weighted by molar-refractivity contribution is 6.56. The highest BCUT2D eigenvalue weighted by Gasteiger charge is 2.52. The average Bonchev–Trinajstić information content (AvgIpc) is 2.71.